The number of aldehydes is 1. The van der Waals surface area contributed by atoms with E-state index in [1.54, 1.807) is 7.11 Å². The van der Waals surface area contributed by atoms with Gasteiger partial charge in [-0.25, -0.2) is 4.79 Å². The highest BCUT2D eigenvalue weighted by molar-refractivity contribution is 6.02. The van der Waals surface area contributed by atoms with Crippen LogP contribution in [0.2, 0.25) is 0 Å². The van der Waals surface area contributed by atoms with Crippen molar-refractivity contribution in [3.05, 3.63) is 41.0 Å². The normalized spacial score (nSPS) is 39.5. The van der Waals surface area contributed by atoms with E-state index in [2.05, 4.69) is 39.9 Å². The molecule has 0 heterocycles. The minimum Gasteiger partial charge on any atom is -0.497 e. The molecule has 1 aromatic carbocycles. The SMILES string of the molecule is COc1ccc(COC(=O)NC23CCC4C(CCC5C4CCC4C(C)(C)C(OC(=O)C6CC(C=O)C6C)CCC54C)C2=C(C(C)C)C(=O)C3)cc1. The molecule has 0 saturated heterocycles. The number of Topliss-reactive ketones (excluding diaryl/α,β-unsaturated/α-hetero) is 1. The third-order valence-corrected chi connectivity index (χ3v) is 15.3. The number of benzene rings is 1. The first-order valence-electron chi connectivity index (χ1n) is 19.8. The number of fused-ring (bicyclic) bond motifs is 7. The van der Waals surface area contributed by atoms with Crippen molar-refractivity contribution in [2.75, 3.05) is 7.11 Å². The number of rotatable bonds is 8. The lowest BCUT2D eigenvalue weighted by Crippen LogP contribution is -2.61. The monoisotopic (exact) mass is 701 g/mol. The summed E-state index contributed by atoms with van der Waals surface area (Å²) >= 11 is 0. The highest BCUT2D eigenvalue weighted by atomic mass is 16.6. The number of alkyl carbamates (subject to hydrolysis) is 1. The molecule has 1 N–H and O–H groups in total. The molecule has 0 aromatic heterocycles. The maximum Gasteiger partial charge on any atom is 0.408 e. The van der Waals surface area contributed by atoms with Crippen LogP contribution in [0.4, 0.5) is 4.79 Å². The van der Waals surface area contributed by atoms with Crippen molar-refractivity contribution >= 4 is 24.1 Å². The second kappa shape index (κ2) is 13.4. The van der Waals surface area contributed by atoms with Gasteiger partial charge in [-0.15, -0.1) is 0 Å². The number of nitrogens with one attached hydrogen (secondary N) is 1. The molecule has 6 aliphatic rings. The molecule has 8 nitrogen and oxygen atoms in total. The Morgan fingerprint density at radius 2 is 1.73 bits per heavy atom. The van der Waals surface area contributed by atoms with Gasteiger partial charge in [0.15, 0.2) is 5.78 Å². The summed E-state index contributed by atoms with van der Waals surface area (Å²) in [6.07, 6.45) is 9.49. The Bertz CT molecular complexity index is 1580. The molecule has 11 atom stereocenters. The number of carbonyl (C=O) groups excluding carboxylic acids is 4. The van der Waals surface area contributed by atoms with Gasteiger partial charge in [-0.3, -0.25) is 9.59 Å². The smallest absolute Gasteiger partial charge is 0.408 e. The molecule has 1 amide bonds. The Morgan fingerprint density at radius 3 is 2.39 bits per heavy atom. The van der Waals surface area contributed by atoms with Gasteiger partial charge in [0, 0.05) is 17.8 Å². The second-order valence-electron chi connectivity index (χ2n) is 18.3. The number of methoxy groups -OCH3 is 1. The summed E-state index contributed by atoms with van der Waals surface area (Å²) < 4.78 is 17.3. The average molecular weight is 702 g/mol. The second-order valence-corrected chi connectivity index (χ2v) is 18.3. The number of hydrogen-bond acceptors (Lipinski definition) is 7. The molecule has 51 heavy (non-hydrogen) atoms. The van der Waals surface area contributed by atoms with Gasteiger partial charge in [0.2, 0.25) is 0 Å². The van der Waals surface area contributed by atoms with Gasteiger partial charge in [0.1, 0.15) is 24.7 Å². The van der Waals surface area contributed by atoms with Crippen molar-refractivity contribution in [1.82, 2.24) is 5.32 Å². The third-order valence-electron chi connectivity index (χ3n) is 15.3. The van der Waals surface area contributed by atoms with Gasteiger partial charge in [-0.05, 0) is 133 Å². The number of ether oxygens (including phenoxy) is 3. The van der Waals surface area contributed by atoms with Gasteiger partial charge >= 0.3 is 12.1 Å². The first-order chi connectivity index (χ1) is 24.2. The molecule has 6 aliphatic carbocycles. The highest BCUT2D eigenvalue weighted by Gasteiger charge is 2.63. The van der Waals surface area contributed by atoms with E-state index in [1.165, 1.54) is 5.57 Å². The molecule has 1 aromatic rings. The molecule has 0 radical (unpaired) electrons. The van der Waals surface area contributed by atoms with Gasteiger partial charge < -0.3 is 24.3 Å². The van der Waals surface area contributed by atoms with Crippen LogP contribution < -0.4 is 10.1 Å². The lowest BCUT2D eigenvalue weighted by Gasteiger charge is -2.65. The third kappa shape index (κ3) is 5.95. The van der Waals surface area contributed by atoms with Gasteiger partial charge in [-0.1, -0.05) is 53.7 Å². The maximum atomic E-state index is 13.8. The average Bonchev–Trinajstić information content (AvgIpc) is 3.40. The van der Waals surface area contributed by atoms with Crippen molar-refractivity contribution in [2.45, 2.75) is 124 Å². The van der Waals surface area contributed by atoms with Crippen LogP contribution in [0.1, 0.15) is 111 Å². The number of amides is 1. The molecule has 5 saturated carbocycles. The number of hydrogen-bond donors (Lipinski definition) is 1. The molecule has 0 aliphatic heterocycles. The standard InChI is InChI=1S/C43H59NO7/c1-24(2)37-34(46)21-43(44-40(48)50-23-26-8-10-28(49-7)11-9-26)19-16-29-30-13-15-35-41(4,5)36(51-39(47)32-20-27(22-45)25(32)3)17-18-42(35,6)33(30)14-12-31(29)38(37)43/h8-11,22,24-25,27,29-33,35-36H,12-21,23H2,1-7H3,(H,44,48). The van der Waals surface area contributed by atoms with E-state index in [1.807, 2.05) is 31.2 Å². The molecule has 5 fully saturated rings. The molecule has 8 heteroatoms. The van der Waals surface area contributed by atoms with Crippen LogP contribution >= 0.6 is 0 Å². The van der Waals surface area contributed by atoms with Crippen LogP contribution in [0.15, 0.2) is 35.4 Å². The van der Waals surface area contributed by atoms with E-state index in [0.29, 0.717) is 36.5 Å². The zero-order chi connectivity index (χ0) is 36.5. The molecule has 278 valence electrons. The Balaban J connectivity index is 1.07. The summed E-state index contributed by atoms with van der Waals surface area (Å²) in [5.74, 6) is 3.20. The molecule has 7 rings (SSSR count). The van der Waals surface area contributed by atoms with Crippen molar-refractivity contribution in [3.63, 3.8) is 0 Å². The molecular weight excluding hydrogens is 642 g/mol. The summed E-state index contributed by atoms with van der Waals surface area (Å²) in [4.78, 5) is 51.8. The van der Waals surface area contributed by atoms with Gasteiger partial charge in [0.25, 0.3) is 0 Å². The minimum absolute atomic E-state index is 0.0231. The summed E-state index contributed by atoms with van der Waals surface area (Å²) in [5.41, 5.74) is 2.39. The Labute approximate surface area is 304 Å². The first-order valence-corrected chi connectivity index (χ1v) is 19.8. The zero-order valence-corrected chi connectivity index (χ0v) is 31.8. The van der Waals surface area contributed by atoms with Crippen LogP contribution in [0.5, 0.6) is 5.75 Å². The highest BCUT2D eigenvalue weighted by Crippen LogP contribution is 2.68. The predicted molar refractivity (Wildman–Crippen MR) is 194 cm³/mol. The van der Waals surface area contributed by atoms with Crippen LogP contribution in [-0.2, 0) is 30.5 Å². The lowest BCUT2D eigenvalue weighted by molar-refractivity contribution is -0.200. The van der Waals surface area contributed by atoms with Crippen LogP contribution in [-0.4, -0.2) is 42.9 Å². The number of carbonyl (C=O) groups is 4. The summed E-state index contributed by atoms with van der Waals surface area (Å²) in [6.45, 7) is 13.6. The van der Waals surface area contributed by atoms with Crippen molar-refractivity contribution in [2.24, 2.45) is 64.1 Å². The first kappa shape index (κ1) is 36.2. The van der Waals surface area contributed by atoms with E-state index in [0.717, 1.165) is 74.5 Å². The molecule has 0 spiro atoms. The van der Waals surface area contributed by atoms with Gasteiger partial charge in [0.05, 0.1) is 18.6 Å². The molecule has 11 unspecified atom stereocenters. The van der Waals surface area contributed by atoms with Crippen LogP contribution in [0.25, 0.3) is 0 Å². The quantitative estimate of drug-likeness (QED) is 0.215. The number of esters is 1. The van der Waals surface area contributed by atoms with E-state index in [4.69, 9.17) is 14.2 Å². The van der Waals surface area contributed by atoms with E-state index < -0.39 is 11.6 Å². The van der Waals surface area contributed by atoms with Crippen molar-refractivity contribution in [1.29, 1.82) is 0 Å². The molecule has 0 bridgehead atoms. The zero-order valence-electron chi connectivity index (χ0n) is 31.8. The van der Waals surface area contributed by atoms with Crippen molar-refractivity contribution in [3.8, 4) is 5.75 Å². The fraction of sp³-hybridized carbons (Fsp3) is 0.721. The van der Waals surface area contributed by atoms with Crippen LogP contribution in [0.3, 0.4) is 0 Å². The minimum atomic E-state index is -0.670. The Hall–Kier alpha value is -3.16. The van der Waals surface area contributed by atoms with E-state index in [-0.39, 0.29) is 64.9 Å². The van der Waals surface area contributed by atoms with Crippen LogP contribution in [0, 0.1) is 64.1 Å². The summed E-state index contributed by atoms with van der Waals surface area (Å²) in [6, 6.07) is 7.50. The fourth-order valence-electron chi connectivity index (χ4n) is 12.7. The van der Waals surface area contributed by atoms with Gasteiger partial charge in [-0.2, -0.15) is 0 Å². The Kier molecular flexibility index (Phi) is 9.48. The predicted octanol–water partition coefficient (Wildman–Crippen LogP) is 8.26. The number of ketones is 1. The molecular formula is C43H59NO7. The Morgan fingerprint density at radius 1 is 0.980 bits per heavy atom. The van der Waals surface area contributed by atoms with Crippen molar-refractivity contribution < 1.29 is 33.4 Å². The summed E-state index contributed by atoms with van der Waals surface area (Å²) in [7, 11) is 1.63. The topological polar surface area (TPSA) is 108 Å². The maximum absolute atomic E-state index is 13.8. The largest absolute Gasteiger partial charge is 0.497 e. The number of allylic oxidation sites excluding steroid dienone is 1. The van der Waals surface area contributed by atoms with E-state index >= 15 is 0 Å². The summed E-state index contributed by atoms with van der Waals surface area (Å²) in [5, 5.41) is 3.29. The fourth-order valence-corrected chi connectivity index (χ4v) is 12.7. The lowest BCUT2D eigenvalue weighted by atomic mass is 9.41. The van der Waals surface area contributed by atoms with E-state index in [9.17, 15) is 19.2 Å².